The molecule has 22 heavy (non-hydrogen) atoms. The molecule has 0 radical (unpaired) electrons. The molecule has 0 aliphatic carbocycles. The quantitative estimate of drug-likeness (QED) is 0.578. The monoisotopic (exact) mass is 418 g/mol. The van der Waals surface area contributed by atoms with Crippen LogP contribution in [0.5, 0.6) is 0 Å². The van der Waals surface area contributed by atoms with Crippen LogP contribution in [0.15, 0.2) is 17.4 Å². The molecule has 0 aromatic carbocycles. The zero-order valence-electron chi connectivity index (χ0n) is 12.0. The van der Waals surface area contributed by atoms with Crippen LogP contribution in [0.3, 0.4) is 0 Å². The number of fused-ring (bicyclic) bond motifs is 2. The zero-order valence-corrected chi connectivity index (χ0v) is 14.2. The largest absolute Gasteiger partial charge is 0.348 e. The molecule has 0 amide bonds. The van der Waals surface area contributed by atoms with E-state index in [1.54, 1.807) is 10.9 Å². The molecule has 118 valence electrons. The summed E-state index contributed by atoms with van der Waals surface area (Å²) in [7, 11) is 0. The van der Waals surface area contributed by atoms with Crippen LogP contribution in [0.1, 0.15) is 20.1 Å². The Kier molecular flexibility index (Phi) is 3.29. The van der Waals surface area contributed by atoms with Crippen LogP contribution in [-0.4, -0.2) is 48.0 Å². The number of nitrogens with zero attached hydrogens (tertiary/aromatic N) is 3. The van der Waals surface area contributed by atoms with Crippen molar-refractivity contribution in [2.45, 2.75) is 44.2 Å². The molecule has 2 aromatic rings. The van der Waals surface area contributed by atoms with Crippen LogP contribution in [-0.2, 0) is 14.2 Å². The van der Waals surface area contributed by atoms with Crippen molar-refractivity contribution in [3.05, 3.63) is 23.0 Å². The van der Waals surface area contributed by atoms with Crippen LogP contribution in [0.25, 0.3) is 11.2 Å². The third-order valence-electron chi connectivity index (χ3n) is 3.92. The van der Waals surface area contributed by atoms with Crippen LogP contribution >= 0.6 is 22.6 Å². The number of halogens is 1. The Morgan fingerprint density at radius 1 is 1.36 bits per heavy atom. The first-order chi connectivity index (χ1) is 10.5. The third-order valence-corrected chi connectivity index (χ3v) is 4.78. The average molecular weight is 418 g/mol. The Balaban J connectivity index is 1.78. The number of H-pyrrole nitrogens is 1. The standard InChI is InChI=1S/C13H15IN4O4/c1-13(2)21-8-6(3-14)20-12(9(8)22-13)18-5-17-7-10(18)15-4-16-11(7)19/h4-6,8-9,12H,3H2,1-2H3,(H,15,16,19)/t6-,8+,9+,12+/m0/s1. The minimum atomic E-state index is -0.650. The number of rotatable bonds is 2. The summed E-state index contributed by atoms with van der Waals surface area (Å²) in [5.74, 6) is -0.650. The van der Waals surface area contributed by atoms with Crippen LogP contribution in [0.4, 0.5) is 0 Å². The number of hydrogen-bond donors (Lipinski definition) is 1. The van der Waals surface area contributed by atoms with Gasteiger partial charge in [-0.15, -0.1) is 0 Å². The maximum atomic E-state index is 11.8. The number of aromatic nitrogens is 4. The fourth-order valence-corrected chi connectivity index (χ4v) is 3.77. The molecule has 0 spiro atoms. The molecule has 2 fully saturated rings. The lowest BCUT2D eigenvalue weighted by atomic mass is 10.1. The number of imidazole rings is 1. The summed E-state index contributed by atoms with van der Waals surface area (Å²) in [5.41, 5.74) is 0.501. The molecule has 2 aliphatic heterocycles. The molecule has 1 N–H and O–H groups in total. The summed E-state index contributed by atoms with van der Waals surface area (Å²) in [4.78, 5) is 22.7. The lowest BCUT2D eigenvalue weighted by Crippen LogP contribution is -2.30. The van der Waals surface area contributed by atoms with Crippen molar-refractivity contribution in [3.63, 3.8) is 0 Å². The summed E-state index contributed by atoms with van der Waals surface area (Å²) in [6.45, 7) is 3.78. The Bertz CT molecular complexity index is 773. The number of aromatic amines is 1. The topological polar surface area (TPSA) is 91.3 Å². The second-order valence-corrected chi connectivity index (χ2v) is 6.72. The van der Waals surface area contributed by atoms with Crippen molar-refractivity contribution < 1.29 is 14.2 Å². The summed E-state index contributed by atoms with van der Waals surface area (Å²) in [6.07, 6.45) is 2.05. The Morgan fingerprint density at radius 2 is 2.14 bits per heavy atom. The normalized spacial score (nSPS) is 33.4. The van der Waals surface area contributed by atoms with Gasteiger partial charge in [-0.25, -0.2) is 9.97 Å². The van der Waals surface area contributed by atoms with Crippen LogP contribution < -0.4 is 5.56 Å². The summed E-state index contributed by atoms with van der Waals surface area (Å²) in [5, 5.41) is 0. The highest BCUT2D eigenvalue weighted by Crippen LogP contribution is 2.43. The van der Waals surface area contributed by atoms with Crippen LogP contribution in [0.2, 0.25) is 0 Å². The Labute approximate surface area is 139 Å². The van der Waals surface area contributed by atoms with Crippen molar-refractivity contribution in [1.29, 1.82) is 0 Å². The van der Waals surface area contributed by atoms with Crippen molar-refractivity contribution in [2.75, 3.05) is 4.43 Å². The minimum absolute atomic E-state index is 0.0724. The highest BCUT2D eigenvalue weighted by Gasteiger charge is 2.55. The van der Waals surface area contributed by atoms with E-state index in [1.807, 2.05) is 13.8 Å². The third kappa shape index (κ3) is 2.10. The molecular formula is C13H15IN4O4. The molecule has 0 bridgehead atoms. The smallest absolute Gasteiger partial charge is 0.278 e. The van der Waals surface area contributed by atoms with E-state index in [9.17, 15) is 4.79 Å². The van der Waals surface area contributed by atoms with Crippen molar-refractivity contribution in [1.82, 2.24) is 19.5 Å². The predicted octanol–water partition coefficient (Wildman–Crippen LogP) is 0.972. The molecule has 4 atom stereocenters. The summed E-state index contributed by atoms with van der Waals surface area (Å²) < 4.78 is 20.6. The number of ether oxygens (including phenoxy) is 3. The molecule has 2 saturated heterocycles. The molecule has 0 unspecified atom stereocenters. The molecule has 2 aromatic heterocycles. The first kappa shape index (κ1) is 14.5. The van der Waals surface area contributed by atoms with E-state index in [-0.39, 0.29) is 23.9 Å². The van der Waals surface area contributed by atoms with Gasteiger partial charge in [0, 0.05) is 4.43 Å². The highest BCUT2D eigenvalue weighted by atomic mass is 127. The molecule has 2 aliphatic rings. The van der Waals surface area contributed by atoms with Gasteiger partial charge in [0.15, 0.2) is 23.2 Å². The van der Waals surface area contributed by atoms with Gasteiger partial charge in [0.25, 0.3) is 5.56 Å². The fourth-order valence-electron chi connectivity index (χ4n) is 3.06. The lowest BCUT2D eigenvalue weighted by molar-refractivity contribution is -0.193. The van der Waals surface area contributed by atoms with Gasteiger partial charge in [-0.05, 0) is 13.8 Å². The second kappa shape index (κ2) is 4.98. The average Bonchev–Trinajstić information content (AvgIpc) is 3.10. The predicted molar refractivity (Wildman–Crippen MR) is 84.8 cm³/mol. The van der Waals surface area contributed by atoms with Crippen molar-refractivity contribution >= 4 is 33.8 Å². The highest BCUT2D eigenvalue weighted by molar-refractivity contribution is 14.1. The second-order valence-electron chi connectivity index (χ2n) is 5.84. The molecule has 4 heterocycles. The van der Waals surface area contributed by atoms with Crippen molar-refractivity contribution in [3.8, 4) is 0 Å². The van der Waals surface area contributed by atoms with Gasteiger partial charge in [-0.1, -0.05) is 22.6 Å². The minimum Gasteiger partial charge on any atom is -0.348 e. The van der Waals surface area contributed by atoms with E-state index in [1.165, 1.54) is 6.33 Å². The summed E-state index contributed by atoms with van der Waals surface area (Å²) in [6, 6.07) is 0. The van der Waals surface area contributed by atoms with E-state index in [2.05, 4.69) is 37.5 Å². The van der Waals surface area contributed by atoms with E-state index in [0.717, 1.165) is 4.43 Å². The van der Waals surface area contributed by atoms with Gasteiger partial charge < -0.3 is 19.2 Å². The number of alkyl halides is 1. The van der Waals surface area contributed by atoms with Crippen LogP contribution in [0, 0.1) is 0 Å². The maximum absolute atomic E-state index is 11.8. The molecule has 8 nitrogen and oxygen atoms in total. The van der Waals surface area contributed by atoms with Gasteiger partial charge >= 0.3 is 0 Å². The lowest BCUT2D eigenvalue weighted by Gasteiger charge is -2.24. The van der Waals surface area contributed by atoms with Gasteiger partial charge in [0.05, 0.1) is 18.8 Å². The van der Waals surface area contributed by atoms with Gasteiger partial charge in [0.2, 0.25) is 0 Å². The maximum Gasteiger partial charge on any atom is 0.278 e. The zero-order chi connectivity index (χ0) is 15.5. The SMILES string of the molecule is CC1(C)O[C@@H]2[C@H](O1)[C@H](CI)O[C@H]2n1cnc2c(=O)[nH]cnc21. The van der Waals surface area contributed by atoms with E-state index in [4.69, 9.17) is 14.2 Å². The van der Waals surface area contributed by atoms with Gasteiger partial charge in [0.1, 0.15) is 12.2 Å². The fraction of sp³-hybridized carbons (Fsp3) is 0.615. The molecule has 0 saturated carbocycles. The first-order valence-corrected chi connectivity index (χ1v) is 8.50. The van der Waals surface area contributed by atoms with Gasteiger partial charge in [-0.2, -0.15) is 0 Å². The number of nitrogens with one attached hydrogen (secondary N) is 1. The number of hydrogen-bond acceptors (Lipinski definition) is 6. The van der Waals surface area contributed by atoms with E-state index < -0.39 is 12.0 Å². The van der Waals surface area contributed by atoms with Crippen molar-refractivity contribution in [2.24, 2.45) is 0 Å². The summed E-state index contributed by atoms with van der Waals surface area (Å²) >= 11 is 2.27. The molecular weight excluding hydrogens is 403 g/mol. The van der Waals surface area contributed by atoms with E-state index >= 15 is 0 Å². The first-order valence-electron chi connectivity index (χ1n) is 6.97. The van der Waals surface area contributed by atoms with Gasteiger partial charge in [-0.3, -0.25) is 9.36 Å². The Hall–Kier alpha value is -1.04. The molecule has 4 rings (SSSR count). The van der Waals surface area contributed by atoms with E-state index in [0.29, 0.717) is 11.2 Å². The Morgan fingerprint density at radius 3 is 2.91 bits per heavy atom. The molecule has 9 heteroatoms.